The van der Waals surface area contributed by atoms with Crippen molar-refractivity contribution >= 4 is 82.3 Å². The van der Waals surface area contributed by atoms with Gasteiger partial charge in [0.1, 0.15) is 35.4 Å². The van der Waals surface area contributed by atoms with E-state index in [9.17, 15) is 53.4 Å². The number of esters is 1. The molecule has 1 aromatic rings. The normalized spacial score (nSPS) is 27.8. The predicted octanol–water partition coefficient (Wildman–Crippen LogP) is 8.50. The Morgan fingerprint density at radius 2 is 1.70 bits per heavy atom. The van der Waals surface area contributed by atoms with Crippen LogP contribution in [0.25, 0.3) is 0 Å². The molecule has 4 aliphatic rings. The molecule has 3 aliphatic heterocycles. The molecule has 82 heavy (non-hydrogen) atoms. The topological polar surface area (TPSA) is 268 Å². The summed E-state index contributed by atoms with van der Waals surface area (Å²) >= 11 is 7.87. The van der Waals surface area contributed by atoms with Crippen molar-refractivity contribution in [1.82, 2.24) is 20.9 Å². The lowest BCUT2D eigenvalue weighted by molar-refractivity contribution is -0.162. The van der Waals surface area contributed by atoms with Crippen molar-refractivity contribution in [2.75, 3.05) is 31.3 Å². The summed E-state index contributed by atoms with van der Waals surface area (Å²) in [6, 6.07) is 2.11. The van der Waals surface area contributed by atoms with Crippen molar-refractivity contribution in [2.24, 2.45) is 23.7 Å². The first-order valence-corrected chi connectivity index (χ1v) is 30.8. The van der Waals surface area contributed by atoms with Crippen LogP contribution in [-0.4, -0.2) is 142 Å². The fraction of sp³-hybridized carbons (Fsp3) is 0.689. The van der Waals surface area contributed by atoms with Gasteiger partial charge in [-0.25, -0.2) is 9.59 Å². The van der Waals surface area contributed by atoms with Crippen LogP contribution >= 0.6 is 23.4 Å². The molecule has 1 aliphatic carbocycles. The first kappa shape index (κ1) is 67.5. The monoisotopic (exact) mass is 1180 g/mol. The van der Waals surface area contributed by atoms with E-state index < -0.39 is 101 Å². The van der Waals surface area contributed by atoms with Gasteiger partial charge in [-0.3, -0.25) is 38.9 Å². The number of unbranched alkanes of at least 4 members (excludes halogenated alkanes) is 4. The molecule has 21 heteroatoms. The number of Topliss-reactive ketones (excluding diaryl/α,β-unsaturated/α-hetero) is 2. The highest BCUT2D eigenvalue weighted by atomic mass is 35.5. The Kier molecular flexibility index (Phi) is 25.5. The van der Waals surface area contributed by atoms with Crippen molar-refractivity contribution in [3.8, 4) is 0 Å². The minimum absolute atomic E-state index is 0.00916. The summed E-state index contributed by atoms with van der Waals surface area (Å²) in [4.78, 5) is 121. The van der Waals surface area contributed by atoms with Gasteiger partial charge in [0.05, 0.1) is 40.9 Å². The molecule has 2 saturated heterocycles. The van der Waals surface area contributed by atoms with E-state index >= 15 is 0 Å². The molecule has 0 spiro atoms. The van der Waals surface area contributed by atoms with Gasteiger partial charge in [0.2, 0.25) is 23.6 Å². The number of epoxide rings is 1. The number of amides is 5. The largest absolute Gasteiger partial charge is 0.481 e. The molecule has 3 unspecified atom stereocenters. The van der Waals surface area contributed by atoms with Gasteiger partial charge in [0.15, 0.2) is 5.78 Å². The van der Waals surface area contributed by atoms with Gasteiger partial charge in [-0.15, -0.1) is 11.8 Å². The van der Waals surface area contributed by atoms with E-state index in [2.05, 4.69) is 22.9 Å². The molecule has 0 aromatic heterocycles. The highest BCUT2D eigenvalue weighted by Crippen LogP contribution is 2.49. The number of halogens is 1. The zero-order valence-corrected chi connectivity index (χ0v) is 51.3. The van der Waals surface area contributed by atoms with E-state index in [-0.39, 0.29) is 54.3 Å². The number of likely N-dealkylation sites (N-methyl/N-ethyl adjacent to an activating group) is 1. The summed E-state index contributed by atoms with van der Waals surface area (Å²) < 4.78 is 18.2. The SMILES string of the molecule is CCCCCC(=O)NC(CCCCCC(=O)C1CCC(CNC(=O)C(CC(=O)O)SCCC(=O)N(C)[C@@H](C)C(=O)O[C@H]2CC(=O)N(C)c3cc(cc(C)c3Cl)C/C(C)=C/C=C/[C@H](C)[C@@]3(O)CC(OC(=O)N3)[C@@H](C)[C@@H]3O[C@@]23C)CC1)C(C)=O. The van der Waals surface area contributed by atoms with Gasteiger partial charge < -0.3 is 44.9 Å². The van der Waals surface area contributed by atoms with Gasteiger partial charge >= 0.3 is 18.0 Å². The summed E-state index contributed by atoms with van der Waals surface area (Å²) in [5, 5.41) is 29.3. The molecule has 5 rings (SSSR count). The van der Waals surface area contributed by atoms with Crippen LogP contribution < -0.4 is 20.9 Å². The number of carbonyl (C=O) groups is 9. The lowest BCUT2D eigenvalue weighted by atomic mass is 9.79. The Hall–Kier alpha value is -5.31. The van der Waals surface area contributed by atoms with Crippen molar-refractivity contribution < 1.29 is 67.6 Å². The third-order valence-electron chi connectivity index (χ3n) is 17.1. The maximum absolute atomic E-state index is 14.4. The molecule has 10 atom stereocenters. The lowest BCUT2D eigenvalue weighted by Crippen LogP contribution is -2.60. The number of rotatable bonds is 25. The molecule has 5 amide bonds. The van der Waals surface area contributed by atoms with Crippen LogP contribution in [0.5, 0.6) is 0 Å². The number of anilines is 1. The van der Waals surface area contributed by atoms with Crippen molar-refractivity contribution in [3.05, 3.63) is 52.1 Å². The molecule has 4 bridgehead atoms. The van der Waals surface area contributed by atoms with Gasteiger partial charge in [-0.05, 0) is 109 Å². The zero-order chi connectivity index (χ0) is 60.6. The quantitative estimate of drug-likeness (QED) is 0.0349. The maximum atomic E-state index is 14.4. The molecule has 1 aromatic carbocycles. The number of carboxylic acids is 1. The van der Waals surface area contributed by atoms with Crippen molar-refractivity contribution in [2.45, 2.75) is 218 Å². The van der Waals surface area contributed by atoms with Gasteiger partial charge in [-0.1, -0.05) is 87.9 Å². The van der Waals surface area contributed by atoms with Gasteiger partial charge in [-0.2, -0.15) is 0 Å². The van der Waals surface area contributed by atoms with E-state index in [1.165, 1.54) is 30.7 Å². The first-order chi connectivity index (χ1) is 38.7. The van der Waals surface area contributed by atoms with E-state index in [4.69, 9.17) is 25.8 Å². The lowest BCUT2D eigenvalue weighted by Gasteiger charge is -2.41. The van der Waals surface area contributed by atoms with Crippen LogP contribution in [0.4, 0.5) is 10.5 Å². The number of thioether (sulfide) groups is 1. The minimum Gasteiger partial charge on any atom is -0.481 e. The highest BCUT2D eigenvalue weighted by molar-refractivity contribution is 8.00. The Bertz CT molecular complexity index is 2540. The van der Waals surface area contributed by atoms with Crippen LogP contribution in [0.1, 0.15) is 169 Å². The second kappa shape index (κ2) is 31.0. The third kappa shape index (κ3) is 19.1. The van der Waals surface area contributed by atoms with Crippen LogP contribution in [0.2, 0.25) is 5.02 Å². The number of ether oxygens (including phenoxy) is 3. The number of carboxylic acid groups (broad SMARTS) is 1. The number of aliphatic hydroxyl groups is 1. The summed E-state index contributed by atoms with van der Waals surface area (Å²) in [5.41, 5.74) is 0.118. The smallest absolute Gasteiger partial charge is 0.409 e. The van der Waals surface area contributed by atoms with E-state index in [0.29, 0.717) is 62.2 Å². The molecule has 0 radical (unpaired) electrons. The molecule has 3 heterocycles. The molecule has 19 nitrogen and oxygen atoms in total. The first-order valence-electron chi connectivity index (χ1n) is 29.4. The number of ketones is 2. The second-order valence-corrected chi connectivity index (χ2v) is 25.3. The Morgan fingerprint density at radius 1 is 1.00 bits per heavy atom. The fourth-order valence-electron chi connectivity index (χ4n) is 11.3. The average molecular weight is 1180 g/mol. The average Bonchev–Trinajstić information content (AvgIpc) is 4.19. The van der Waals surface area contributed by atoms with Crippen LogP contribution in [0, 0.1) is 30.6 Å². The predicted molar refractivity (Wildman–Crippen MR) is 314 cm³/mol. The number of hydrogen-bond acceptors (Lipinski definition) is 14. The third-order valence-corrected chi connectivity index (χ3v) is 18.8. The van der Waals surface area contributed by atoms with E-state index in [1.54, 1.807) is 27.8 Å². The number of nitrogens with one attached hydrogen (secondary N) is 3. The number of allylic oxidation sites excluding steroid dienone is 3. The molecule has 456 valence electrons. The summed E-state index contributed by atoms with van der Waals surface area (Å²) in [6.07, 6.45) is 10.8. The number of aryl methyl sites for hydroxylation is 1. The fourth-order valence-corrected chi connectivity index (χ4v) is 12.6. The van der Waals surface area contributed by atoms with E-state index in [0.717, 1.165) is 73.4 Å². The van der Waals surface area contributed by atoms with Gasteiger partial charge in [0, 0.05) is 69.8 Å². The molecular weight excluding hydrogens is 1090 g/mol. The standard InChI is InChI=1S/C61H90ClN5O14S/c1-11-12-14-22-51(70)64-45(41(7)68)20-15-13-16-21-47(69)44-25-23-42(24-26-44)35-63-57(75)49(32-54(73)74)82-28-27-52(71)66(9)40(6)58(76)80-50-33-53(72)67(10)46-31-43(30-37(3)55(46)62)29-36(2)18-17-19-38(4)61(78)34-48(79-59(77)65-61)39(5)56-60(50,8)81-56/h17-19,30-31,38-40,42,44-45,48-50,56,78H,11-16,20-29,32-35H2,1-10H3,(H,63,75)(H,64,70)(H,65,77)(H,73,74)/b19-17+,36-18+/t38-,39+,40-,42?,44?,45?,48?,49?,50-,56-,60-,61-/m0/s1. The van der Waals surface area contributed by atoms with Crippen LogP contribution in [0.15, 0.2) is 35.9 Å². The summed E-state index contributed by atoms with van der Waals surface area (Å²) in [6.45, 7) is 14.4. The van der Waals surface area contributed by atoms with E-state index in [1.807, 2.05) is 44.2 Å². The number of hydrogen-bond donors (Lipinski definition) is 5. The molecule has 5 N–H and O–H groups in total. The Balaban J connectivity index is 1.14. The Labute approximate surface area is 493 Å². The van der Waals surface area contributed by atoms with Gasteiger partial charge in [0.25, 0.3) is 0 Å². The highest BCUT2D eigenvalue weighted by Gasteiger charge is 2.64. The number of nitrogens with zero attached hydrogens (tertiary/aromatic N) is 2. The number of aliphatic carboxylic acids is 1. The summed E-state index contributed by atoms with van der Waals surface area (Å²) in [5.74, 6) is -4.34. The minimum atomic E-state index is -1.67. The number of carbonyl (C=O) groups excluding carboxylic acids is 8. The Morgan fingerprint density at radius 3 is 2.37 bits per heavy atom. The number of alkyl carbamates (subject to hydrolysis) is 1. The molecule has 1 saturated carbocycles. The number of fused-ring (bicyclic) bond motifs is 5. The maximum Gasteiger partial charge on any atom is 0.409 e. The zero-order valence-electron chi connectivity index (χ0n) is 49.8. The molecular formula is C61H90ClN5O14S. The van der Waals surface area contributed by atoms with Crippen molar-refractivity contribution in [1.29, 1.82) is 0 Å². The van der Waals surface area contributed by atoms with Crippen molar-refractivity contribution in [3.63, 3.8) is 0 Å². The van der Waals surface area contributed by atoms with Crippen LogP contribution in [-0.2, 0) is 59.0 Å². The molecule has 3 fully saturated rings. The van der Waals surface area contributed by atoms with Crippen LogP contribution in [0.3, 0.4) is 0 Å². The summed E-state index contributed by atoms with van der Waals surface area (Å²) in [7, 11) is 3.01. The second-order valence-electron chi connectivity index (χ2n) is 23.6. The number of benzene rings is 1.